The third-order valence-electron chi connectivity index (χ3n) is 4.55. The Morgan fingerprint density at radius 1 is 0.815 bits per heavy atom. The minimum Gasteiger partial charge on any atom is -0.322 e. The van der Waals surface area contributed by atoms with E-state index in [2.05, 4.69) is 15.5 Å². The van der Waals surface area contributed by atoms with Gasteiger partial charge in [0.15, 0.2) is 0 Å². The van der Waals surface area contributed by atoms with Crippen LogP contribution in [0.25, 0.3) is 16.7 Å². The monoisotopic (exact) mass is 356 g/mol. The first-order valence-corrected chi connectivity index (χ1v) is 8.82. The molecule has 4 aromatic rings. The summed E-state index contributed by atoms with van der Waals surface area (Å²) in [5.41, 5.74) is 7.05. The standard InChI is InChI=1S/C22H20N4O/c1-14-4-8-17(9-5-14)22(27)23-19-13-21-20(12-16(19)3)24-26(25-21)18-10-6-15(2)7-11-18/h4-13H,1-3H3,(H,23,27). The van der Waals surface area contributed by atoms with Gasteiger partial charge < -0.3 is 5.32 Å². The molecule has 134 valence electrons. The molecule has 3 aromatic carbocycles. The Kier molecular flexibility index (Phi) is 4.20. The Bertz CT molecular complexity index is 1130. The molecule has 1 N–H and O–H groups in total. The van der Waals surface area contributed by atoms with E-state index in [1.54, 1.807) is 4.80 Å². The van der Waals surface area contributed by atoms with Crippen LogP contribution in [-0.2, 0) is 0 Å². The van der Waals surface area contributed by atoms with E-state index in [-0.39, 0.29) is 5.91 Å². The Labute approximate surface area is 157 Å². The van der Waals surface area contributed by atoms with E-state index >= 15 is 0 Å². The zero-order chi connectivity index (χ0) is 19.0. The molecule has 0 bridgehead atoms. The molecule has 5 nitrogen and oxygen atoms in total. The smallest absolute Gasteiger partial charge is 0.255 e. The average molecular weight is 356 g/mol. The zero-order valence-corrected chi connectivity index (χ0v) is 15.5. The zero-order valence-electron chi connectivity index (χ0n) is 15.5. The van der Waals surface area contributed by atoms with Gasteiger partial charge in [0.2, 0.25) is 0 Å². The van der Waals surface area contributed by atoms with Crippen LogP contribution in [0.1, 0.15) is 27.0 Å². The highest BCUT2D eigenvalue weighted by atomic mass is 16.1. The van der Waals surface area contributed by atoms with Gasteiger partial charge in [-0.3, -0.25) is 4.79 Å². The topological polar surface area (TPSA) is 59.8 Å². The first-order valence-electron chi connectivity index (χ1n) is 8.82. The first-order chi connectivity index (χ1) is 13.0. The van der Waals surface area contributed by atoms with Gasteiger partial charge in [0.1, 0.15) is 11.0 Å². The molecule has 0 unspecified atom stereocenters. The van der Waals surface area contributed by atoms with Gasteiger partial charge >= 0.3 is 0 Å². The molecule has 0 saturated heterocycles. The number of aryl methyl sites for hydroxylation is 3. The highest BCUT2D eigenvalue weighted by Crippen LogP contribution is 2.23. The van der Waals surface area contributed by atoms with Crippen molar-refractivity contribution in [3.05, 3.63) is 82.9 Å². The SMILES string of the molecule is Cc1ccc(C(=O)Nc2cc3nn(-c4ccc(C)cc4)nc3cc2C)cc1. The van der Waals surface area contributed by atoms with Crippen molar-refractivity contribution in [2.75, 3.05) is 5.32 Å². The summed E-state index contributed by atoms with van der Waals surface area (Å²) in [4.78, 5) is 14.1. The van der Waals surface area contributed by atoms with E-state index in [0.717, 1.165) is 33.5 Å². The number of nitrogens with one attached hydrogen (secondary N) is 1. The molecule has 0 spiro atoms. The Morgan fingerprint density at radius 3 is 2.00 bits per heavy atom. The molecule has 5 heteroatoms. The lowest BCUT2D eigenvalue weighted by Crippen LogP contribution is -2.12. The summed E-state index contributed by atoms with van der Waals surface area (Å²) in [6, 6.07) is 19.4. The lowest BCUT2D eigenvalue weighted by Gasteiger charge is -2.08. The molecular formula is C22H20N4O. The molecule has 1 heterocycles. The summed E-state index contributed by atoms with van der Waals surface area (Å²) in [7, 11) is 0. The molecule has 0 aliphatic rings. The summed E-state index contributed by atoms with van der Waals surface area (Å²) < 4.78 is 0. The molecular weight excluding hydrogens is 336 g/mol. The van der Waals surface area contributed by atoms with Crippen LogP contribution < -0.4 is 5.32 Å². The van der Waals surface area contributed by atoms with Crippen molar-refractivity contribution in [2.45, 2.75) is 20.8 Å². The van der Waals surface area contributed by atoms with Gasteiger partial charge in [-0.2, -0.15) is 4.80 Å². The van der Waals surface area contributed by atoms with E-state index in [0.29, 0.717) is 5.56 Å². The summed E-state index contributed by atoms with van der Waals surface area (Å²) in [6.07, 6.45) is 0. The molecule has 0 atom stereocenters. The quantitative estimate of drug-likeness (QED) is 0.584. The largest absolute Gasteiger partial charge is 0.322 e. The van der Waals surface area contributed by atoms with E-state index in [9.17, 15) is 4.79 Å². The van der Waals surface area contributed by atoms with Crippen LogP contribution in [0.5, 0.6) is 0 Å². The minimum atomic E-state index is -0.136. The van der Waals surface area contributed by atoms with E-state index in [4.69, 9.17) is 0 Å². The Hall–Kier alpha value is -3.47. The van der Waals surface area contributed by atoms with Crippen molar-refractivity contribution in [3.8, 4) is 5.69 Å². The second-order valence-electron chi connectivity index (χ2n) is 6.80. The molecule has 0 aliphatic heterocycles. The lowest BCUT2D eigenvalue weighted by atomic mass is 10.1. The second-order valence-corrected chi connectivity index (χ2v) is 6.80. The number of carbonyl (C=O) groups excluding carboxylic acids is 1. The average Bonchev–Trinajstić information content (AvgIpc) is 3.05. The van der Waals surface area contributed by atoms with Crippen LogP contribution >= 0.6 is 0 Å². The maximum absolute atomic E-state index is 12.5. The number of anilines is 1. The molecule has 0 aliphatic carbocycles. The summed E-state index contributed by atoms with van der Waals surface area (Å²) in [5, 5.41) is 12.1. The highest BCUT2D eigenvalue weighted by molar-refractivity contribution is 6.05. The first kappa shape index (κ1) is 17.0. The van der Waals surface area contributed by atoms with E-state index < -0.39 is 0 Å². The van der Waals surface area contributed by atoms with Gasteiger partial charge in [0.05, 0.1) is 5.69 Å². The van der Waals surface area contributed by atoms with Gasteiger partial charge in [-0.05, 0) is 62.7 Å². The third kappa shape index (κ3) is 3.44. The molecule has 0 saturated carbocycles. The van der Waals surface area contributed by atoms with Gasteiger partial charge in [0.25, 0.3) is 5.91 Å². The van der Waals surface area contributed by atoms with Crippen molar-refractivity contribution < 1.29 is 4.79 Å². The lowest BCUT2D eigenvalue weighted by molar-refractivity contribution is 0.102. The number of fused-ring (bicyclic) bond motifs is 1. The van der Waals surface area contributed by atoms with Crippen molar-refractivity contribution >= 4 is 22.6 Å². The minimum absolute atomic E-state index is 0.136. The van der Waals surface area contributed by atoms with Gasteiger partial charge in [-0.25, -0.2) is 0 Å². The fourth-order valence-corrected chi connectivity index (χ4v) is 2.90. The van der Waals surface area contributed by atoms with E-state index in [1.807, 2.05) is 81.4 Å². The molecule has 27 heavy (non-hydrogen) atoms. The van der Waals surface area contributed by atoms with Gasteiger partial charge in [-0.15, -0.1) is 10.2 Å². The van der Waals surface area contributed by atoms with Crippen LogP contribution in [0.2, 0.25) is 0 Å². The number of benzene rings is 3. The number of hydrogen-bond donors (Lipinski definition) is 1. The molecule has 0 fully saturated rings. The van der Waals surface area contributed by atoms with Crippen molar-refractivity contribution in [1.82, 2.24) is 15.0 Å². The van der Waals surface area contributed by atoms with Crippen LogP contribution in [0.3, 0.4) is 0 Å². The molecule has 1 aromatic heterocycles. The third-order valence-corrected chi connectivity index (χ3v) is 4.55. The number of amides is 1. The predicted octanol–water partition coefficient (Wildman–Crippen LogP) is 4.60. The summed E-state index contributed by atoms with van der Waals surface area (Å²) >= 11 is 0. The maximum atomic E-state index is 12.5. The van der Waals surface area contributed by atoms with Crippen LogP contribution in [-0.4, -0.2) is 20.9 Å². The van der Waals surface area contributed by atoms with Gasteiger partial charge in [0, 0.05) is 11.3 Å². The van der Waals surface area contributed by atoms with Crippen molar-refractivity contribution in [1.29, 1.82) is 0 Å². The fourth-order valence-electron chi connectivity index (χ4n) is 2.90. The molecule has 4 rings (SSSR count). The maximum Gasteiger partial charge on any atom is 0.255 e. The number of hydrogen-bond acceptors (Lipinski definition) is 3. The fraction of sp³-hybridized carbons (Fsp3) is 0.136. The predicted molar refractivity (Wildman–Crippen MR) is 107 cm³/mol. The Balaban J connectivity index is 1.65. The highest BCUT2D eigenvalue weighted by Gasteiger charge is 2.12. The number of rotatable bonds is 3. The number of aromatic nitrogens is 3. The second kappa shape index (κ2) is 6.68. The van der Waals surface area contributed by atoms with Crippen LogP contribution in [0, 0.1) is 20.8 Å². The summed E-state index contributed by atoms with van der Waals surface area (Å²) in [5.74, 6) is -0.136. The van der Waals surface area contributed by atoms with Crippen molar-refractivity contribution in [3.63, 3.8) is 0 Å². The normalized spacial score (nSPS) is 10.9. The number of carbonyl (C=O) groups is 1. The Morgan fingerprint density at radius 2 is 1.37 bits per heavy atom. The van der Waals surface area contributed by atoms with Crippen molar-refractivity contribution in [2.24, 2.45) is 0 Å². The van der Waals surface area contributed by atoms with Crippen LogP contribution in [0.4, 0.5) is 5.69 Å². The summed E-state index contributed by atoms with van der Waals surface area (Å²) in [6.45, 7) is 6.00. The van der Waals surface area contributed by atoms with Crippen LogP contribution in [0.15, 0.2) is 60.7 Å². The molecule has 1 amide bonds. The van der Waals surface area contributed by atoms with Gasteiger partial charge in [-0.1, -0.05) is 35.4 Å². The van der Waals surface area contributed by atoms with E-state index in [1.165, 1.54) is 5.56 Å². The number of nitrogens with zero attached hydrogens (tertiary/aromatic N) is 3. The molecule has 0 radical (unpaired) electrons.